The molecule has 0 spiro atoms. The van der Waals surface area contributed by atoms with Gasteiger partial charge in [-0.25, -0.2) is 4.98 Å². The molecule has 3 unspecified atom stereocenters. The Morgan fingerprint density at radius 2 is 2.33 bits per heavy atom. The zero-order valence-corrected chi connectivity index (χ0v) is 10.4. The highest BCUT2D eigenvalue weighted by atomic mass is 32.1. The fourth-order valence-electron chi connectivity index (χ4n) is 2.51. The molecule has 1 aliphatic rings. The summed E-state index contributed by atoms with van der Waals surface area (Å²) in [5.41, 5.74) is 7.30. The first-order chi connectivity index (χ1) is 7.15. The van der Waals surface area contributed by atoms with Gasteiger partial charge >= 0.3 is 0 Å². The molecule has 0 radical (unpaired) electrons. The third kappa shape index (κ3) is 2.79. The molecule has 1 saturated carbocycles. The van der Waals surface area contributed by atoms with Crippen molar-refractivity contribution in [3.05, 3.63) is 16.1 Å². The normalized spacial score (nSPS) is 31.8. The molecule has 3 heteroatoms. The van der Waals surface area contributed by atoms with Crippen LogP contribution in [0.25, 0.3) is 0 Å². The van der Waals surface area contributed by atoms with Gasteiger partial charge in [-0.1, -0.05) is 6.92 Å². The van der Waals surface area contributed by atoms with Gasteiger partial charge in [0, 0.05) is 11.4 Å². The number of thiazole rings is 1. The van der Waals surface area contributed by atoms with Crippen molar-refractivity contribution in [1.29, 1.82) is 0 Å². The molecule has 1 aliphatic carbocycles. The third-order valence-corrected chi connectivity index (χ3v) is 4.36. The maximum absolute atomic E-state index is 6.03. The SMILES string of the molecule is Cc1nc(CC2CC(N)CCC2C)cs1. The molecular weight excluding hydrogens is 204 g/mol. The molecule has 1 aromatic rings. The van der Waals surface area contributed by atoms with Crippen LogP contribution in [0.5, 0.6) is 0 Å². The lowest BCUT2D eigenvalue weighted by atomic mass is 9.76. The van der Waals surface area contributed by atoms with Crippen molar-refractivity contribution < 1.29 is 0 Å². The van der Waals surface area contributed by atoms with Crippen molar-refractivity contribution in [3.63, 3.8) is 0 Å². The summed E-state index contributed by atoms with van der Waals surface area (Å²) in [5.74, 6) is 1.56. The summed E-state index contributed by atoms with van der Waals surface area (Å²) in [6.45, 7) is 4.43. The van der Waals surface area contributed by atoms with E-state index in [4.69, 9.17) is 5.73 Å². The molecule has 84 valence electrons. The van der Waals surface area contributed by atoms with E-state index in [9.17, 15) is 0 Å². The summed E-state index contributed by atoms with van der Waals surface area (Å²) in [5, 5.41) is 3.38. The van der Waals surface area contributed by atoms with Crippen LogP contribution in [0, 0.1) is 18.8 Å². The van der Waals surface area contributed by atoms with Crippen LogP contribution >= 0.6 is 11.3 Å². The Morgan fingerprint density at radius 1 is 1.53 bits per heavy atom. The molecule has 0 amide bonds. The van der Waals surface area contributed by atoms with E-state index in [0.29, 0.717) is 6.04 Å². The molecule has 3 atom stereocenters. The zero-order valence-electron chi connectivity index (χ0n) is 9.57. The molecule has 2 rings (SSSR count). The van der Waals surface area contributed by atoms with Gasteiger partial charge in [0.2, 0.25) is 0 Å². The van der Waals surface area contributed by atoms with Gasteiger partial charge in [-0.2, -0.15) is 0 Å². The maximum Gasteiger partial charge on any atom is 0.0897 e. The van der Waals surface area contributed by atoms with Crippen molar-refractivity contribution in [3.8, 4) is 0 Å². The van der Waals surface area contributed by atoms with E-state index in [2.05, 4.69) is 24.2 Å². The average molecular weight is 224 g/mol. The number of hydrogen-bond donors (Lipinski definition) is 1. The Morgan fingerprint density at radius 3 is 3.00 bits per heavy atom. The van der Waals surface area contributed by atoms with Crippen LogP contribution < -0.4 is 5.73 Å². The quantitative estimate of drug-likeness (QED) is 0.839. The van der Waals surface area contributed by atoms with Gasteiger partial charge in [-0.05, 0) is 44.4 Å². The Kier molecular flexibility index (Phi) is 3.42. The van der Waals surface area contributed by atoms with Crippen LogP contribution in [-0.4, -0.2) is 11.0 Å². The van der Waals surface area contributed by atoms with E-state index < -0.39 is 0 Å². The minimum Gasteiger partial charge on any atom is -0.328 e. The van der Waals surface area contributed by atoms with Gasteiger partial charge in [0.1, 0.15) is 0 Å². The fraction of sp³-hybridized carbons (Fsp3) is 0.750. The van der Waals surface area contributed by atoms with Crippen molar-refractivity contribution in [1.82, 2.24) is 4.98 Å². The number of nitrogens with two attached hydrogens (primary N) is 1. The summed E-state index contributed by atoms with van der Waals surface area (Å²) < 4.78 is 0. The molecule has 2 nitrogen and oxygen atoms in total. The van der Waals surface area contributed by atoms with E-state index in [-0.39, 0.29) is 0 Å². The number of hydrogen-bond acceptors (Lipinski definition) is 3. The monoisotopic (exact) mass is 224 g/mol. The number of nitrogens with zero attached hydrogens (tertiary/aromatic N) is 1. The van der Waals surface area contributed by atoms with Crippen molar-refractivity contribution in [2.45, 2.75) is 45.6 Å². The highest BCUT2D eigenvalue weighted by molar-refractivity contribution is 7.09. The number of aryl methyl sites for hydroxylation is 1. The van der Waals surface area contributed by atoms with Crippen LogP contribution in [-0.2, 0) is 6.42 Å². The first kappa shape index (κ1) is 11.1. The van der Waals surface area contributed by atoms with Crippen LogP contribution in [0.15, 0.2) is 5.38 Å². The second-order valence-corrected chi connectivity index (χ2v) is 5.93. The van der Waals surface area contributed by atoms with Gasteiger partial charge in [0.05, 0.1) is 10.7 Å². The first-order valence-electron chi connectivity index (χ1n) is 5.81. The summed E-state index contributed by atoms with van der Waals surface area (Å²) in [7, 11) is 0. The van der Waals surface area contributed by atoms with Gasteiger partial charge in [0.25, 0.3) is 0 Å². The van der Waals surface area contributed by atoms with Crippen molar-refractivity contribution in [2.75, 3.05) is 0 Å². The minimum absolute atomic E-state index is 0.422. The van der Waals surface area contributed by atoms with E-state index in [1.54, 1.807) is 11.3 Å². The van der Waals surface area contributed by atoms with E-state index >= 15 is 0 Å². The lowest BCUT2D eigenvalue weighted by molar-refractivity contribution is 0.230. The molecular formula is C12H20N2S. The van der Waals surface area contributed by atoms with Gasteiger partial charge in [0.15, 0.2) is 0 Å². The van der Waals surface area contributed by atoms with Gasteiger partial charge in [-0.15, -0.1) is 11.3 Å². The predicted molar refractivity (Wildman–Crippen MR) is 65.0 cm³/mol. The van der Waals surface area contributed by atoms with Crippen molar-refractivity contribution in [2.24, 2.45) is 17.6 Å². The molecule has 15 heavy (non-hydrogen) atoms. The highest BCUT2D eigenvalue weighted by Gasteiger charge is 2.26. The van der Waals surface area contributed by atoms with Crippen LogP contribution in [0.2, 0.25) is 0 Å². The topological polar surface area (TPSA) is 38.9 Å². The maximum atomic E-state index is 6.03. The highest BCUT2D eigenvalue weighted by Crippen LogP contribution is 2.31. The molecule has 0 aromatic carbocycles. The Labute approximate surface area is 95.9 Å². The lowest BCUT2D eigenvalue weighted by Crippen LogP contribution is -2.33. The Bertz CT molecular complexity index is 321. The molecule has 1 fully saturated rings. The molecule has 1 aromatic heterocycles. The van der Waals surface area contributed by atoms with E-state index in [1.165, 1.54) is 30.0 Å². The molecule has 0 saturated heterocycles. The van der Waals surface area contributed by atoms with Gasteiger partial charge < -0.3 is 5.73 Å². The average Bonchev–Trinajstić information content (AvgIpc) is 2.58. The van der Waals surface area contributed by atoms with Gasteiger partial charge in [-0.3, -0.25) is 0 Å². The summed E-state index contributed by atoms with van der Waals surface area (Å²) in [6.07, 6.45) is 4.79. The Balaban J connectivity index is 1.98. The molecule has 0 aliphatic heterocycles. The summed E-state index contributed by atoms with van der Waals surface area (Å²) in [6, 6.07) is 0.422. The third-order valence-electron chi connectivity index (χ3n) is 3.54. The Hall–Kier alpha value is -0.410. The van der Waals surface area contributed by atoms with Crippen molar-refractivity contribution >= 4 is 11.3 Å². The number of aromatic nitrogens is 1. The van der Waals surface area contributed by atoms with E-state index in [1.807, 2.05) is 0 Å². The predicted octanol–water partition coefficient (Wildman–Crippen LogP) is 2.76. The second-order valence-electron chi connectivity index (χ2n) is 4.87. The number of rotatable bonds is 2. The van der Waals surface area contributed by atoms with Crippen LogP contribution in [0.1, 0.15) is 36.9 Å². The lowest BCUT2D eigenvalue weighted by Gasteiger charge is -2.32. The molecule has 1 heterocycles. The van der Waals surface area contributed by atoms with Crippen LogP contribution in [0.4, 0.5) is 0 Å². The fourth-order valence-corrected chi connectivity index (χ4v) is 3.13. The molecule has 2 N–H and O–H groups in total. The van der Waals surface area contributed by atoms with E-state index in [0.717, 1.165) is 18.3 Å². The standard InChI is InChI=1S/C12H20N2S/c1-8-3-4-11(13)5-10(8)6-12-7-15-9(2)14-12/h7-8,10-11H,3-6,13H2,1-2H3. The smallest absolute Gasteiger partial charge is 0.0897 e. The second kappa shape index (κ2) is 4.62. The summed E-state index contributed by atoms with van der Waals surface area (Å²) in [4.78, 5) is 4.54. The summed E-state index contributed by atoms with van der Waals surface area (Å²) >= 11 is 1.75. The minimum atomic E-state index is 0.422. The first-order valence-corrected chi connectivity index (χ1v) is 6.69. The van der Waals surface area contributed by atoms with Crippen LogP contribution in [0.3, 0.4) is 0 Å². The largest absolute Gasteiger partial charge is 0.328 e. The molecule has 0 bridgehead atoms. The zero-order chi connectivity index (χ0) is 10.8.